The zero-order valence-electron chi connectivity index (χ0n) is 34.6. The molecule has 59 heavy (non-hydrogen) atoms. The average molecular weight is 855 g/mol. The molecule has 4 aromatic rings. The third-order valence-electron chi connectivity index (χ3n) is 9.58. The van der Waals surface area contributed by atoms with Crippen molar-refractivity contribution in [2.75, 3.05) is 26.7 Å². The van der Waals surface area contributed by atoms with Crippen LogP contribution in [0.25, 0.3) is 11.3 Å². The summed E-state index contributed by atoms with van der Waals surface area (Å²) in [5.74, 6) is 0.186. The molecule has 1 atom stereocenters. The number of carbonyl (C=O) groups is 4. The number of carbonyl (C=O) groups excluding carboxylic acids is 4. The normalized spacial score (nSPS) is 13.9. The van der Waals surface area contributed by atoms with E-state index in [1.165, 1.54) is 7.11 Å². The number of nitrogens with zero attached hydrogens (tertiary/aromatic N) is 3. The fourth-order valence-corrected chi connectivity index (χ4v) is 7.19. The van der Waals surface area contributed by atoms with Gasteiger partial charge in [-0.25, -0.2) is 9.59 Å². The minimum absolute atomic E-state index is 0.121. The van der Waals surface area contributed by atoms with Gasteiger partial charge in [0.1, 0.15) is 41.4 Å². The lowest BCUT2D eigenvalue weighted by Crippen LogP contribution is -2.51. The van der Waals surface area contributed by atoms with Crippen LogP contribution in [0.3, 0.4) is 0 Å². The van der Waals surface area contributed by atoms with Crippen LogP contribution >= 0.6 is 23.2 Å². The van der Waals surface area contributed by atoms with Crippen LogP contribution in [0.15, 0.2) is 59.0 Å². The number of halogens is 2. The molecule has 1 aliphatic rings. The van der Waals surface area contributed by atoms with Crippen LogP contribution in [0, 0.1) is 5.92 Å². The van der Waals surface area contributed by atoms with Crippen LogP contribution < -0.4 is 15.4 Å². The summed E-state index contributed by atoms with van der Waals surface area (Å²) in [6, 6.07) is 15.8. The van der Waals surface area contributed by atoms with Gasteiger partial charge in [0.2, 0.25) is 17.6 Å². The monoisotopic (exact) mass is 853 g/mol. The third-order valence-corrected chi connectivity index (χ3v) is 10.4. The van der Waals surface area contributed by atoms with Gasteiger partial charge in [0.15, 0.2) is 0 Å². The van der Waals surface area contributed by atoms with E-state index >= 15 is 0 Å². The van der Waals surface area contributed by atoms with E-state index in [1.807, 2.05) is 62.0 Å². The molecule has 2 aromatic heterocycles. The quantitative estimate of drug-likeness (QED) is 0.106. The molecule has 3 heterocycles. The average Bonchev–Trinajstić information content (AvgIpc) is 3.82. The van der Waals surface area contributed by atoms with Gasteiger partial charge < -0.3 is 38.9 Å². The van der Waals surface area contributed by atoms with E-state index in [-0.39, 0.29) is 48.3 Å². The van der Waals surface area contributed by atoms with E-state index in [9.17, 15) is 19.2 Å². The summed E-state index contributed by atoms with van der Waals surface area (Å²) in [5, 5.41) is 10.7. The van der Waals surface area contributed by atoms with Crippen molar-refractivity contribution >= 4 is 47.1 Å². The summed E-state index contributed by atoms with van der Waals surface area (Å²) in [6.07, 6.45) is 1.15. The fraction of sp³-hybridized carbons (Fsp3) is 0.465. The number of nitrogens with one attached hydrogen (secondary N) is 2. The van der Waals surface area contributed by atoms with E-state index in [0.717, 1.165) is 16.8 Å². The molecule has 0 spiro atoms. The maximum atomic E-state index is 13.1. The molecule has 1 fully saturated rings. The molecule has 5 rings (SSSR count). The Morgan fingerprint density at radius 2 is 1.66 bits per heavy atom. The molecule has 318 valence electrons. The largest absolute Gasteiger partial charge is 0.487 e. The second-order valence-corrected chi connectivity index (χ2v) is 16.6. The van der Waals surface area contributed by atoms with E-state index in [0.29, 0.717) is 66.7 Å². The highest BCUT2D eigenvalue weighted by Gasteiger charge is 2.29. The smallest absolute Gasteiger partial charge is 0.408 e. The van der Waals surface area contributed by atoms with Crippen LogP contribution in [0.1, 0.15) is 92.9 Å². The Bertz CT molecular complexity index is 2100. The Morgan fingerprint density at radius 1 is 0.949 bits per heavy atom. The molecule has 16 heteroatoms. The van der Waals surface area contributed by atoms with Crippen molar-refractivity contribution in [1.29, 1.82) is 0 Å². The van der Waals surface area contributed by atoms with Gasteiger partial charge >= 0.3 is 12.1 Å². The number of benzene rings is 2. The number of hydrogen-bond acceptors (Lipinski definition) is 10. The van der Waals surface area contributed by atoms with Gasteiger partial charge in [0, 0.05) is 37.3 Å². The van der Waals surface area contributed by atoms with Gasteiger partial charge in [-0.1, -0.05) is 61.3 Å². The van der Waals surface area contributed by atoms with Crippen molar-refractivity contribution in [3.8, 4) is 17.0 Å². The number of rotatable bonds is 16. The van der Waals surface area contributed by atoms with E-state index in [1.54, 1.807) is 43.9 Å². The van der Waals surface area contributed by atoms with Crippen molar-refractivity contribution in [3.63, 3.8) is 0 Å². The van der Waals surface area contributed by atoms with Crippen LogP contribution in [0.5, 0.6) is 5.75 Å². The molecule has 2 aromatic carbocycles. The maximum absolute atomic E-state index is 13.1. The first-order valence-electron chi connectivity index (χ1n) is 19.5. The minimum atomic E-state index is -0.823. The van der Waals surface area contributed by atoms with Crippen molar-refractivity contribution in [2.24, 2.45) is 13.0 Å². The molecule has 0 unspecified atom stereocenters. The van der Waals surface area contributed by atoms with Gasteiger partial charge in [0.25, 0.3) is 0 Å². The van der Waals surface area contributed by atoms with E-state index < -0.39 is 29.6 Å². The lowest BCUT2D eigenvalue weighted by Gasteiger charge is -2.32. The number of aromatic nitrogens is 2. The van der Waals surface area contributed by atoms with Crippen LogP contribution in [0.2, 0.25) is 10.0 Å². The van der Waals surface area contributed by atoms with Crippen LogP contribution in [0.4, 0.5) is 4.79 Å². The molecule has 0 saturated carbocycles. The van der Waals surface area contributed by atoms with Gasteiger partial charge in [-0.3, -0.25) is 14.3 Å². The molecular weight excluding hydrogens is 801 g/mol. The maximum Gasteiger partial charge on any atom is 0.408 e. The Labute approximate surface area is 354 Å². The molecule has 3 amide bonds. The zero-order valence-corrected chi connectivity index (χ0v) is 36.1. The predicted molar refractivity (Wildman–Crippen MR) is 222 cm³/mol. The number of furan rings is 1. The molecule has 1 saturated heterocycles. The van der Waals surface area contributed by atoms with Crippen LogP contribution in [-0.4, -0.2) is 76.9 Å². The Kier molecular flexibility index (Phi) is 15.5. The van der Waals surface area contributed by atoms with Gasteiger partial charge in [-0.15, -0.1) is 0 Å². The van der Waals surface area contributed by atoms with Gasteiger partial charge in [-0.2, -0.15) is 5.10 Å². The van der Waals surface area contributed by atoms with E-state index in [2.05, 4.69) is 15.4 Å². The standard InChI is InChI=1S/C43H53Cl2N5O9/c1-26(2)19-33(47-42(54)59-43(3,4)5)40(52)46-22-37(51)50-17-15-29(16-18-50)34-21-32(48-49(34)6)31-12-14-35(39(45)38(31)44)57-24-28-10-8-9-27(20-28)23-56-25-30-11-13-36(58-30)41(53)55-7/h8-14,20-21,26,29,33H,15-19,22-25H2,1-7H3,(H,46,52)(H,47,54)/t33-/m1/s1. The lowest BCUT2D eigenvalue weighted by atomic mass is 9.92. The van der Waals surface area contributed by atoms with Crippen molar-refractivity contribution in [2.45, 2.75) is 91.3 Å². The number of aryl methyl sites for hydroxylation is 1. The zero-order chi connectivity index (χ0) is 42.9. The first-order chi connectivity index (χ1) is 28.0. The summed E-state index contributed by atoms with van der Waals surface area (Å²) in [6.45, 7) is 10.8. The highest BCUT2D eigenvalue weighted by Crippen LogP contribution is 2.40. The summed E-state index contributed by atoms with van der Waals surface area (Å²) < 4.78 is 29.1. The van der Waals surface area contributed by atoms with Gasteiger partial charge in [0.05, 0.1) is 31.0 Å². The SMILES string of the molecule is COC(=O)c1ccc(COCc2cccc(COc3ccc(-c4cc(C5CCN(C(=O)CNC(=O)[C@@H](CC(C)C)NC(=O)OC(C)(C)C)CC5)n(C)n4)c(Cl)c3Cl)c2)o1. The fourth-order valence-electron chi connectivity index (χ4n) is 6.72. The third kappa shape index (κ3) is 12.7. The molecule has 1 aliphatic heterocycles. The molecule has 14 nitrogen and oxygen atoms in total. The lowest BCUT2D eigenvalue weighted by molar-refractivity contribution is -0.134. The first-order valence-corrected chi connectivity index (χ1v) is 20.3. The van der Waals surface area contributed by atoms with Gasteiger partial charge in [-0.05, 0) is 87.4 Å². The van der Waals surface area contributed by atoms with Crippen molar-refractivity contribution in [3.05, 3.63) is 93.0 Å². The molecule has 2 N–H and O–H groups in total. The summed E-state index contributed by atoms with van der Waals surface area (Å²) in [7, 11) is 3.18. The highest BCUT2D eigenvalue weighted by atomic mass is 35.5. The highest BCUT2D eigenvalue weighted by molar-refractivity contribution is 6.44. The number of likely N-dealkylation sites (tertiary alicyclic amines) is 1. The van der Waals surface area contributed by atoms with Crippen LogP contribution in [-0.2, 0) is 50.7 Å². The molecule has 0 radical (unpaired) electrons. The number of ether oxygens (including phenoxy) is 4. The number of amides is 3. The number of esters is 1. The Morgan fingerprint density at radius 3 is 2.34 bits per heavy atom. The predicted octanol–water partition coefficient (Wildman–Crippen LogP) is 7.83. The molecular formula is C43H53Cl2N5O9. The number of alkyl carbamates (subject to hydrolysis) is 1. The number of methoxy groups -OCH3 is 1. The second-order valence-electron chi connectivity index (χ2n) is 15.9. The second kappa shape index (κ2) is 20.3. The summed E-state index contributed by atoms with van der Waals surface area (Å²) in [5.41, 5.74) is 3.48. The topological polar surface area (TPSA) is 163 Å². The minimum Gasteiger partial charge on any atom is -0.487 e. The first kappa shape index (κ1) is 45.0. The number of piperidine rings is 1. The summed E-state index contributed by atoms with van der Waals surface area (Å²) >= 11 is 13.5. The van der Waals surface area contributed by atoms with Crippen molar-refractivity contribution < 1.29 is 42.5 Å². The Hall–Kier alpha value is -5.05. The number of hydrogen-bond donors (Lipinski definition) is 2. The van der Waals surface area contributed by atoms with Crippen molar-refractivity contribution in [1.82, 2.24) is 25.3 Å². The summed E-state index contributed by atoms with van der Waals surface area (Å²) in [4.78, 5) is 51.9. The molecule has 0 aliphatic carbocycles. The molecule has 0 bridgehead atoms. The van der Waals surface area contributed by atoms with E-state index in [4.69, 9.17) is 46.9 Å². The Balaban J connectivity index is 1.11.